The lowest BCUT2D eigenvalue weighted by molar-refractivity contribution is -0.137. The van der Waals surface area contributed by atoms with Crippen LogP contribution in [0.15, 0.2) is 30.3 Å². The van der Waals surface area contributed by atoms with E-state index in [0.29, 0.717) is 13.0 Å². The standard InChI is InChI=1S/C18H27NO4/c1-18(2,3)19(13-9-5-8-12-16(20)21)17(22)23-14-15-10-6-4-7-11-15/h4,6-7,10-11H,5,8-9,12-14H2,1-3H3,(H,20,21). The highest BCUT2D eigenvalue weighted by molar-refractivity contribution is 5.68. The van der Waals surface area contributed by atoms with Crippen molar-refractivity contribution in [2.24, 2.45) is 0 Å². The van der Waals surface area contributed by atoms with Crippen LogP contribution >= 0.6 is 0 Å². The number of amides is 1. The average Bonchev–Trinajstić information content (AvgIpc) is 2.48. The fourth-order valence-electron chi connectivity index (χ4n) is 2.22. The van der Waals surface area contributed by atoms with Crippen LogP contribution in [0.2, 0.25) is 0 Å². The van der Waals surface area contributed by atoms with E-state index in [0.717, 1.165) is 18.4 Å². The quantitative estimate of drug-likeness (QED) is 0.733. The maximum atomic E-state index is 12.3. The van der Waals surface area contributed by atoms with Crippen LogP contribution in [-0.4, -0.2) is 34.2 Å². The van der Waals surface area contributed by atoms with E-state index in [1.807, 2.05) is 51.1 Å². The molecule has 5 nitrogen and oxygen atoms in total. The number of carbonyl (C=O) groups excluding carboxylic acids is 1. The van der Waals surface area contributed by atoms with E-state index in [-0.39, 0.29) is 24.7 Å². The Balaban J connectivity index is 2.46. The zero-order chi connectivity index (χ0) is 17.3. The Hall–Kier alpha value is -2.04. The Morgan fingerprint density at radius 2 is 1.74 bits per heavy atom. The molecular formula is C18H27NO4. The molecule has 1 aromatic rings. The van der Waals surface area contributed by atoms with Gasteiger partial charge in [0.1, 0.15) is 6.61 Å². The van der Waals surface area contributed by atoms with Gasteiger partial charge in [0.15, 0.2) is 0 Å². The fraction of sp³-hybridized carbons (Fsp3) is 0.556. The molecular weight excluding hydrogens is 294 g/mol. The summed E-state index contributed by atoms with van der Waals surface area (Å²) in [6.45, 7) is 6.72. The van der Waals surface area contributed by atoms with Crippen molar-refractivity contribution in [2.75, 3.05) is 6.54 Å². The van der Waals surface area contributed by atoms with Crippen LogP contribution in [-0.2, 0) is 16.1 Å². The van der Waals surface area contributed by atoms with Gasteiger partial charge in [0, 0.05) is 18.5 Å². The van der Waals surface area contributed by atoms with Gasteiger partial charge in [-0.25, -0.2) is 4.79 Å². The van der Waals surface area contributed by atoms with Crippen molar-refractivity contribution in [3.63, 3.8) is 0 Å². The van der Waals surface area contributed by atoms with Crippen molar-refractivity contribution in [3.05, 3.63) is 35.9 Å². The summed E-state index contributed by atoms with van der Waals surface area (Å²) < 4.78 is 5.40. The summed E-state index contributed by atoms with van der Waals surface area (Å²) in [4.78, 5) is 24.5. The molecule has 0 aliphatic heterocycles. The molecule has 0 unspecified atom stereocenters. The number of hydrogen-bond acceptors (Lipinski definition) is 3. The minimum absolute atomic E-state index is 0.175. The molecule has 1 amide bonds. The second kappa shape index (κ2) is 9.18. The van der Waals surface area contributed by atoms with Crippen LogP contribution < -0.4 is 0 Å². The van der Waals surface area contributed by atoms with Crippen molar-refractivity contribution in [3.8, 4) is 0 Å². The highest BCUT2D eigenvalue weighted by atomic mass is 16.6. The molecule has 0 fully saturated rings. The first-order valence-corrected chi connectivity index (χ1v) is 8.01. The molecule has 23 heavy (non-hydrogen) atoms. The molecule has 0 atom stereocenters. The van der Waals surface area contributed by atoms with Crippen LogP contribution in [0.25, 0.3) is 0 Å². The molecule has 0 radical (unpaired) electrons. The number of hydrogen-bond donors (Lipinski definition) is 1. The van der Waals surface area contributed by atoms with Crippen LogP contribution in [0.3, 0.4) is 0 Å². The van der Waals surface area contributed by atoms with Gasteiger partial charge in [-0.15, -0.1) is 0 Å². The zero-order valence-electron chi connectivity index (χ0n) is 14.2. The molecule has 0 aliphatic rings. The summed E-state index contributed by atoms with van der Waals surface area (Å²) in [6, 6.07) is 9.57. The normalized spacial score (nSPS) is 11.1. The van der Waals surface area contributed by atoms with Gasteiger partial charge in [0.25, 0.3) is 0 Å². The number of carboxylic acids is 1. The molecule has 0 spiro atoms. The SMILES string of the molecule is CC(C)(C)N(CCCCCC(=O)O)C(=O)OCc1ccccc1. The Morgan fingerprint density at radius 1 is 1.09 bits per heavy atom. The van der Waals surface area contributed by atoms with Gasteiger partial charge in [-0.2, -0.15) is 0 Å². The molecule has 1 N–H and O–H groups in total. The summed E-state index contributed by atoms with van der Waals surface area (Å²) >= 11 is 0. The van der Waals surface area contributed by atoms with Gasteiger partial charge in [-0.05, 0) is 39.2 Å². The van der Waals surface area contributed by atoms with Crippen molar-refractivity contribution < 1.29 is 19.4 Å². The van der Waals surface area contributed by atoms with Crippen LogP contribution in [0, 0.1) is 0 Å². The molecule has 0 heterocycles. The Morgan fingerprint density at radius 3 is 2.30 bits per heavy atom. The molecule has 0 saturated heterocycles. The summed E-state index contributed by atoms with van der Waals surface area (Å²) in [5.41, 5.74) is 0.622. The summed E-state index contributed by atoms with van der Waals surface area (Å²) in [6.07, 6.45) is 2.02. The predicted molar refractivity (Wildman–Crippen MR) is 89.2 cm³/mol. The minimum Gasteiger partial charge on any atom is -0.481 e. The van der Waals surface area contributed by atoms with Gasteiger partial charge < -0.3 is 14.7 Å². The molecule has 5 heteroatoms. The van der Waals surface area contributed by atoms with E-state index < -0.39 is 5.97 Å². The van der Waals surface area contributed by atoms with Crippen LogP contribution in [0.4, 0.5) is 4.79 Å². The lowest BCUT2D eigenvalue weighted by Gasteiger charge is -2.34. The van der Waals surface area contributed by atoms with E-state index in [4.69, 9.17) is 9.84 Å². The van der Waals surface area contributed by atoms with Gasteiger partial charge in [0.05, 0.1) is 0 Å². The second-order valence-electron chi connectivity index (χ2n) is 6.57. The zero-order valence-corrected chi connectivity index (χ0v) is 14.2. The smallest absolute Gasteiger partial charge is 0.410 e. The van der Waals surface area contributed by atoms with Crippen LogP contribution in [0.1, 0.15) is 52.0 Å². The number of nitrogens with zero attached hydrogens (tertiary/aromatic N) is 1. The number of carbonyl (C=O) groups is 2. The molecule has 128 valence electrons. The molecule has 0 aliphatic carbocycles. The third kappa shape index (κ3) is 7.68. The predicted octanol–water partition coefficient (Wildman–Crippen LogP) is 4.07. The van der Waals surface area contributed by atoms with E-state index in [2.05, 4.69) is 0 Å². The van der Waals surface area contributed by atoms with Crippen LogP contribution in [0.5, 0.6) is 0 Å². The first kappa shape index (κ1) is 19.0. The number of carboxylic acid groups (broad SMARTS) is 1. The molecule has 1 aromatic carbocycles. The summed E-state index contributed by atoms with van der Waals surface area (Å²) in [5, 5.41) is 8.63. The van der Waals surface area contributed by atoms with E-state index in [9.17, 15) is 9.59 Å². The lowest BCUT2D eigenvalue weighted by Crippen LogP contribution is -2.46. The van der Waals surface area contributed by atoms with Crippen molar-refractivity contribution in [1.82, 2.24) is 4.90 Å². The van der Waals surface area contributed by atoms with Gasteiger partial charge >= 0.3 is 12.1 Å². The maximum Gasteiger partial charge on any atom is 0.410 e. The highest BCUT2D eigenvalue weighted by Crippen LogP contribution is 2.17. The number of aliphatic carboxylic acids is 1. The average molecular weight is 321 g/mol. The van der Waals surface area contributed by atoms with Gasteiger partial charge in [-0.3, -0.25) is 4.79 Å². The van der Waals surface area contributed by atoms with Crippen molar-refractivity contribution >= 4 is 12.1 Å². The van der Waals surface area contributed by atoms with E-state index in [1.54, 1.807) is 4.90 Å². The molecule has 0 saturated carbocycles. The summed E-state index contributed by atoms with van der Waals surface area (Å²) in [7, 11) is 0. The molecule has 0 bridgehead atoms. The van der Waals surface area contributed by atoms with Crippen molar-refractivity contribution in [2.45, 2.75) is 58.6 Å². The maximum absolute atomic E-state index is 12.3. The van der Waals surface area contributed by atoms with Crippen molar-refractivity contribution in [1.29, 1.82) is 0 Å². The third-order valence-corrected chi connectivity index (χ3v) is 3.51. The molecule has 0 aromatic heterocycles. The number of unbranched alkanes of at least 4 members (excludes halogenated alkanes) is 2. The molecule has 1 rings (SSSR count). The first-order valence-electron chi connectivity index (χ1n) is 8.01. The lowest BCUT2D eigenvalue weighted by atomic mass is 10.1. The minimum atomic E-state index is -0.778. The van der Waals surface area contributed by atoms with E-state index >= 15 is 0 Å². The number of benzene rings is 1. The first-order chi connectivity index (χ1) is 10.8. The Kier molecular flexibility index (Phi) is 7.59. The topological polar surface area (TPSA) is 66.8 Å². The summed E-state index contributed by atoms with van der Waals surface area (Å²) in [5.74, 6) is -0.778. The number of rotatable bonds is 8. The monoisotopic (exact) mass is 321 g/mol. The number of ether oxygens (including phenoxy) is 1. The van der Waals surface area contributed by atoms with E-state index in [1.165, 1.54) is 0 Å². The van der Waals surface area contributed by atoms with Gasteiger partial charge in [0.2, 0.25) is 0 Å². The van der Waals surface area contributed by atoms with Gasteiger partial charge in [-0.1, -0.05) is 36.8 Å². The second-order valence-corrected chi connectivity index (χ2v) is 6.57. The highest BCUT2D eigenvalue weighted by Gasteiger charge is 2.27. The largest absolute Gasteiger partial charge is 0.481 e. The Bertz CT molecular complexity index is 493. The Labute approximate surface area is 138 Å². The fourth-order valence-corrected chi connectivity index (χ4v) is 2.22. The third-order valence-electron chi connectivity index (χ3n) is 3.51.